The smallest absolute Gasteiger partial charge is 0.178 e. The molecule has 1 atom stereocenters. The van der Waals surface area contributed by atoms with Gasteiger partial charge in [-0.3, -0.25) is 0 Å². The summed E-state index contributed by atoms with van der Waals surface area (Å²) in [6, 6.07) is 33.1. The molecule has 5 aromatic rings. The predicted molar refractivity (Wildman–Crippen MR) is 206 cm³/mol. The SMILES string of the molecule is COc1ccc(C2(c3ccccc3)C=Cc3c4c(c5cc(CS)c(SC)cc5c3O2)-c2ccccc2C42CC(C)(C)CC(C)(C)C2)cc1. The van der Waals surface area contributed by atoms with E-state index in [1.165, 1.54) is 50.1 Å². The van der Waals surface area contributed by atoms with Gasteiger partial charge in [0.05, 0.1) is 7.11 Å². The van der Waals surface area contributed by atoms with E-state index >= 15 is 0 Å². The highest BCUT2D eigenvalue weighted by atomic mass is 32.2. The third-order valence-electron chi connectivity index (χ3n) is 11.0. The molecule has 2 nitrogen and oxygen atoms in total. The molecular formula is C44H44O2S2. The second kappa shape index (κ2) is 11.2. The standard InChI is InChI=1S/C44H44O2S2/c1-41(2)25-42(3,4)27-43(26-41)36-15-11-10-14-32(36)38-34-22-28(24-47)37(48-6)23-35(34)40-33(39(38)43)20-21-44(46-40,29-12-8-7-9-13-29)30-16-18-31(45-5)19-17-30/h7-23,47H,24-27H2,1-6H3. The van der Waals surface area contributed by atoms with Crippen LogP contribution in [0.4, 0.5) is 0 Å². The van der Waals surface area contributed by atoms with Crippen LogP contribution in [0.1, 0.15) is 80.3 Å². The zero-order valence-electron chi connectivity index (χ0n) is 28.8. The first kappa shape index (κ1) is 31.7. The summed E-state index contributed by atoms with van der Waals surface area (Å²) in [5.41, 5.74) is 9.74. The molecule has 48 heavy (non-hydrogen) atoms. The summed E-state index contributed by atoms with van der Waals surface area (Å²) in [6.45, 7) is 9.90. The van der Waals surface area contributed by atoms with Crippen molar-refractivity contribution in [2.75, 3.05) is 13.4 Å². The third kappa shape index (κ3) is 4.70. The van der Waals surface area contributed by atoms with Crippen LogP contribution in [-0.2, 0) is 16.8 Å². The van der Waals surface area contributed by atoms with E-state index in [0.717, 1.165) is 40.9 Å². The van der Waals surface area contributed by atoms with Crippen LogP contribution in [0.3, 0.4) is 0 Å². The maximum atomic E-state index is 7.66. The van der Waals surface area contributed by atoms with E-state index in [1.807, 2.05) is 12.1 Å². The lowest BCUT2D eigenvalue weighted by Crippen LogP contribution is -2.44. The molecule has 0 aromatic heterocycles. The van der Waals surface area contributed by atoms with Gasteiger partial charge in [0.15, 0.2) is 5.60 Å². The first-order valence-electron chi connectivity index (χ1n) is 17.0. The summed E-state index contributed by atoms with van der Waals surface area (Å²) in [5, 5.41) is 2.43. The van der Waals surface area contributed by atoms with Gasteiger partial charge >= 0.3 is 0 Å². The van der Waals surface area contributed by atoms with Crippen molar-refractivity contribution >= 4 is 41.2 Å². The Balaban J connectivity index is 1.50. The van der Waals surface area contributed by atoms with Crippen LogP contribution < -0.4 is 9.47 Å². The Bertz CT molecular complexity index is 2080. The molecule has 244 valence electrons. The van der Waals surface area contributed by atoms with E-state index in [4.69, 9.17) is 22.1 Å². The molecule has 0 N–H and O–H groups in total. The van der Waals surface area contributed by atoms with Gasteiger partial charge in [0.2, 0.25) is 0 Å². The van der Waals surface area contributed by atoms with Gasteiger partial charge in [-0.1, -0.05) is 101 Å². The minimum Gasteiger partial charge on any atom is -0.497 e. The minimum absolute atomic E-state index is 0.130. The summed E-state index contributed by atoms with van der Waals surface area (Å²) in [4.78, 5) is 1.24. The predicted octanol–water partition coefficient (Wildman–Crippen LogP) is 11.9. The van der Waals surface area contributed by atoms with Crippen molar-refractivity contribution in [1.29, 1.82) is 0 Å². The molecule has 0 saturated heterocycles. The summed E-state index contributed by atoms with van der Waals surface area (Å²) >= 11 is 6.62. The molecule has 1 heterocycles. The Labute approximate surface area is 295 Å². The second-order valence-electron chi connectivity index (χ2n) is 15.6. The minimum atomic E-state index is -0.812. The number of ether oxygens (including phenoxy) is 2. The average molecular weight is 669 g/mol. The van der Waals surface area contributed by atoms with Crippen LogP contribution in [0, 0.1) is 10.8 Å². The Morgan fingerprint density at radius 3 is 2.12 bits per heavy atom. The number of fused-ring (bicyclic) bond motifs is 10. The molecule has 2 aliphatic carbocycles. The third-order valence-corrected chi connectivity index (χ3v) is 12.2. The number of thiol groups is 1. The van der Waals surface area contributed by atoms with Gasteiger partial charge in [-0.2, -0.15) is 12.6 Å². The van der Waals surface area contributed by atoms with E-state index in [1.54, 1.807) is 18.9 Å². The van der Waals surface area contributed by atoms with Crippen molar-refractivity contribution in [2.24, 2.45) is 10.8 Å². The van der Waals surface area contributed by atoms with Crippen LogP contribution in [0.5, 0.6) is 11.5 Å². The first-order valence-corrected chi connectivity index (χ1v) is 18.9. The normalized spacial score (nSPS) is 21.0. The average Bonchev–Trinajstić information content (AvgIpc) is 3.35. The van der Waals surface area contributed by atoms with Gasteiger partial charge < -0.3 is 9.47 Å². The van der Waals surface area contributed by atoms with Gasteiger partial charge in [-0.15, -0.1) is 11.8 Å². The van der Waals surface area contributed by atoms with E-state index in [2.05, 4.69) is 125 Å². The topological polar surface area (TPSA) is 18.5 Å². The molecule has 1 fully saturated rings. The van der Waals surface area contributed by atoms with Gasteiger partial charge in [0.1, 0.15) is 11.5 Å². The van der Waals surface area contributed by atoms with Crippen LogP contribution in [0.25, 0.3) is 28.0 Å². The van der Waals surface area contributed by atoms with E-state index in [9.17, 15) is 0 Å². The quantitative estimate of drug-likeness (QED) is 0.149. The second-order valence-corrected chi connectivity index (χ2v) is 16.8. The van der Waals surface area contributed by atoms with E-state index in [-0.39, 0.29) is 16.2 Å². The molecule has 1 saturated carbocycles. The van der Waals surface area contributed by atoms with Crippen molar-refractivity contribution in [1.82, 2.24) is 0 Å². The number of methoxy groups -OCH3 is 1. The lowest BCUT2D eigenvalue weighted by atomic mass is 9.52. The highest BCUT2D eigenvalue weighted by Crippen LogP contribution is 2.67. The number of benzene rings is 5. The van der Waals surface area contributed by atoms with Crippen LogP contribution in [0.2, 0.25) is 0 Å². The number of rotatable bonds is 5. The lowest BCUT2D eigenvalue weighted by molar-refractivity contribution is 0.0642. The fraction of sp³-hybridized carbons (Fsp3) is 0.318. The van der Waals surface area contributed by atoms with Crippen molar-refractivity contribution in [3.8, 4) is 22.6 Å². The lowest BCUT2D eigenvalue weighted by Gasteiger charge is -2.52. The maximum absolute atomic E-state index is 7.66. The maximum Gasteiger partial charge on any atom is 0.178 e. The van der Waals surface area contributed by atoms with Crippen LogP contribution in [0.15, 0.2) is 102 Å². The van der Waals surface area contributed by atoms with E-state index < -0.39 is 5.60 Å². The summed E-state index contributed by atoms with van der Waals surface area (Å²) < 4.78 is 13.2. The van der Waals surface area contributed by atoms with Gasteiger partial charge in [0, 0.05) is 38.1 Å². The molecule has 1 spiro atoms. The Morgan fingerprint density at radius 1 is 0.792 bits per heavy atom. The molecule has 0 bridgehead atoms. The monoisotopic (exact) mass is 668 g/mol. The molecular weight excluding hydrogens is 625 g/mol. The van der Waals surface area contributed by atoms with Crippen LogP contribution in [-0.4, -0.2) is 13.4 Å². The Kier molecular flexibility index (Phi) is 7.40. The molecule has 0 amide bonds. The molecule has 1 aliphatic heterocycles. The van der Waals surface area contributed by atoms with Gasteiger partial charge in [-0.05, 0) is 99.9 Å². The van der Waals surface area contributed by atoms with Crippen molar-refractivity contribution in [2.45, 2.75) is 68.6 Å². The highest BCUT2D eigenvalue weighted by Gasteiger charge is 2.55. The van der Waals surface area contributed by atoms with E-state index in [0.29, 0.717) is 5.75 Å². The van der Waals surface area contributed by atoms with Gasteiger partial charge in [-0.25, -0.2) is 0 Å². The molecule has 4 heteroatoms. The Hall–Kier alpha value is -3.60. The zero-order chi connectivity index (χ0) is 33.5. The van der Waals surface area contributed by atoms with Crippen molar-refractivity contribution < 1.29 is 9.47 Å². The largest absolute Gasteiger partial charge is 0.497 e. The van der Waals surface area contributed by atoms with Crippen molar-refractivity contribution in [3.63, 3.8) is 0 Å². The Morgan fingerprint density at radius 2 is 1.46 bits per heavy atom. The highest BCUT2D eigenvalue weighted by molar-refractivity contribution is 7.98. The molecule has 5 aromatic carbocycles. The number of hydrogen-bond acceptors (Lipinski definition) is 4. The molecule has 3 aliphatic rings. The van der Waals surface area contributed by atoms with Crippen LogP contribution >= 0.6 is 24.4 Å². The molecule has 0 radical (unpaired) electrons. The van der Waals surface area contributed by atoms with Crippen molar-refractivity contribution in [3.05, 3.63) is 130 Å². The fourth-order valence-corrected chi connectivity index (χ4v) is 11.0. The summed E-state index contributed by atoms with van der Waals surface area (Å²) in [7, 11) is 1.71. The summed E-state index contributed by atoms with van der Waals surface area (Å²) in [6.07, 6.45) is 10.3. The first-order chi connectivity index (χ1) is 23.0. The zero-order valence-corrected chi connectivity index (χ0v) is 30.5. The molecule has 1 unspecified atom stereocenters. The fourth-order valence-electron chi connectivity index (χ4n) is 10.0. The number of hydrogen-bond donors (Lipinski definition) is 1. The number of thioether (sulfide) groups is 1. The summed E-state index contributed by atoms with van der Waals surface area (Å²) in [5.74, 6) is 2.49. The van der Waals surface area contributed by atoms with Gasteiger partial charge in [0.25, 0.3) is 0 Å². The molecule has 8 rings (SSSR count).